The maximum atomic E-state index is 10.6. The quantitative estimate of drug-likeness (QED) is 0.791. The topological polar surface area (TPSA) is 63.3 Å². The van der Waals surface area contributed by atoms with Crippen molar-refractivity contribution in [1.29, 1.82) is 0 Å². The van der Waals surface area contributed by atoms with E-state index in [-0.39, 0.29) is 12.4 Å². The van der Waals surface area contributed by atoms with Crippen LogP contribution in [0.3, 0.4) is 0 Å². The molecule has 0 aliphatic carbocycles. The molecule has 78 valence electrons. The van der Waals surface area contributed by atoms with Crippen LogP contribution in [0.15, 0.2) is 18.2 Å². The average molecular weight is 216 g/mol. The van der Waals surface area contributed by atoms with E-state index in [4.69, 9.17) is 10.8 Å². The summed E-state index contributed by atoms with van der Waals surface area (Å²) in [6.07, 6.45) is 0. The zero-order chi connectivity index (χ0) is 10.0. The number of hydrogen-bond donors (Lipinski definition) is 2. The number of carboxylic acids is 1. The van der Waals surface area contributed by atoms with Crippen LogP contribution in [-0.4, -0.2) is 11.1 Å². The molecule has 0 bridgehead atoms. The average Bonchev–Trinajstić information content (AvgIpc) is 2.08. The maximum Gasteiger partial charge on any atom is 0.325 e. The summed E-state index contributed by atoms with van der Waals surface area (Å²) in [4.78, 5) is 10.6. The zero-order valence-corrected chi connectivity index (χ0v) is 8.97. The van der Waals surface area contributed by atoms with Gasteiger partial charge >= 0.3 is 5.97 Å². The van der Waals surface area contributed by atoms with Crippen molar-refractivity contribution in [3.05, 3.63) is 34.9 Å². The Morgan fingerprint density at radius 3 is 2.50 bits per heavy atom. The smallest absolute Gasteiger partial charge is 0.325 e. The summed E-state index contributed by atoms with van der Waals surface area (Å²) in [5, 5.41) is 8.73. The SMILES string of the molecule is Cc1ccc(C)c([C@H](N)C(=O)O)c1.Cl. The molecule has 0 aliphatic rings. The van der Waals surface area contributed by atoms with E-state index in [1.807, 2.05) is 32.0 Å². The summed E-state index contributed by atoms with van der Waals surface area (Å²) in [5.41, 5.74) is 8.14. The van der Waals surface area contributed by atoms with Crippen LogP contribution in [0.4, 0.5) is 0 Å². The molecule has 0 saturated carbocycles. The maximum absolute atomic E-state index is 10.6. The van der Waals surface area contributed by atoms with Gasteiger partial charge in [-0.3, -0.25) is 4.79 Å². The number of aliphatic carboxylic acids is 1. The minimum Gasteiger partial charge on any atom is -0.480 e. The number of carboxylic acid groups (broad SMARTS) is 1. The van der Waals surface area contributed by atoms with Crippen LogP contribution in [-0.2, 0) is 4.79 Å². The number of hydrogen-bond acceptors (Lipinski definition) is 2. The molecule has 3 nitrogen and oxygen atoms in total. The predicted octanol–water partition coefficient (Wildman–Crippen LogP) is 1.81. The fourth-order valence-electron chi connectivity index (χ4n) is 1.23. The number of aryl methyl sites for hydroxylation is 2. The number of carbonyl (C=O) groups is 1. The van der Waals surface area contributed by atoms with E-state index in [0.717, 1.165) is 11.1 Å². The van der Waals surface area contributed by atoms with E-state index in [1.54, 1.807) is 0 Å². The lowest BCUT2D eigenvalue weighted by molar-refractivity contribution is -0.138. The first kappa shape index (κ1) is 12.9. The van der Waals surface area contributed by atoms with Gasteiger partial charge in [-0.25, -0.2) is 0 Å². The molecule has 1 atom stereocenters. The van der Waals surface area contributed by atoms with Crippen LogP contribution >= 0.6 is 12.4 Å². The fourth-order valence-corrected chi connectivity index (χ4v) is 1.23. The Labute approximate surface area is 89.3 Å². The van der Waals surface area contributed by atoms with Gasteiger partial charge in [0.15, 0.2) is 0 Å². The summed E-state index contributed by atoms with van der Waals surface area (Å²) in [6.45, 7) is 3.77. The summed E-state index contributed by atoms with van der Waals surface area (Å²) < 4.78 is 0. The standard InChI is InChI=1S/C10H13NO2.ClH/c1-6-3-4-7(2)8(5-6)9(11)10(12)13;/h3-5,9H,11H2,1-2H3,(H,12,13);1H/t9-;/m0./s1. The molecule has 0 amide bonds. The minimum absolute atomic E-state index is 0. The molecule has 3 N–H and O–H groups in total. The van der Waals surface area contributed by atoms with Crippen molar-refractivity contribution in [2.45, 2.75) is 19.9 Å². The molecule has 1 aromatic rings. The molecule has 14 heavy (non-hydrogen) atoms. The first-order valence-electron chi connectivity index (χ1n) is 4.08. The van der Waals surface area contributed by atoms with Gasteiger partial charge in [-0.2, -0.15) is 0 Å². The molecule has 1 aromatic carbocycles. The van der Waals surface area contributed by atoms with Gasteiger partial charge in [-0.05, 0) is 25.0 Å². The van der Waals surface area contributed by atoms with Crippen LogP contribution in [0.5, 0.6) is 0 Å². The Kier molecular flexibility index (Phi) is 4.60. The Balaban J connectivity index is 0.00000169. The van der Waals surface area contributed by atoms with E-state index in [0.29, 0.717) is 5.56 Å². The summed E-state index contributed by atoms with van der Waals surface area (Å²) in [5.74, 6) is -0.992. The third-order valence-electron chi connectivity index (χ3n) is 2.04. The first-order valence-corrected chi connectivity index (χ1v) is 4.08. The fraction of sp³-hybridized carbons (Fsp3) is 0.300. The summed E-state index contributed by atoms with van der Waals surface area (Å²) in [7, 11) is 0. The van der Waals surface area contributed by atoms with E-state index < -0.39 is 12.0 Å². The molecule has 0 saturated heterocycles. The molecule has 0 aliphatic heterocycles. The van der Waals surface area contributed by atoms with Gasteiger partial charge in [0.1, 0.15) is 6.04 Å². The lowest BCUT2D eigenvalue weighted by Gasteiger charge is -2.10. The molecular weight excluding hydrogens is 202 g/mol. The van der Waals surface area contributed by atoms with E-state index in [9.17, 15) is 4.79 Å². The van der Waals surface area contributed by atoms with Gasteiger partial charge in [-0.15, -0.1) is 12.4 Å². The predicted molar refractivity (Wildman–Crippen MR) is 57.7 cm³/mol. The molecule has 0 fully saturated rings. The van der Waals surface area contributed by atoms with E-state index >= 15 is 0 Å². The summed E-state index contributed by atoms with van der Waals surface area (Å²) >= 11 is 0. The highest BCUT2D eigenvalue weighted by atomic mass is 35.5. The van der Waals surface area contributed by atoms with Crippen molar-refractivity contribution >= 4 is 18.4 Å². The summed E-state index contributed by atoms with van der Waals surface area (Å²) in [6, 6.07) is 4.72. The normalized spacial score (nSPS) is 11.6. The van der Waals surface area contributed by atoms with Gasteiger partial charge in [0, 0.05) is 0 Å². The number of rotatable bonds is 2. The van der Waals surface area contributed by atoms with Crippen molar-refractivity contribution < 1.29 is 9.90 Å². The third kappa shape index (κ3) is 2.72. The molecule has 0 radical (unpaired) electrons. The molecule has 0 spiro atoms. The highest BCUT2D eigenvalue weighted by Gasteiger charge is 2.15. The van der Waals surface area contributed by atoms with E-state index in [1.165, 1.54) is 0 Å². The Morgan fingerprint density at radius 2 is 2.00 bits per heavy atom. The van der Waals surface area contributed by atoms with Gasteiger partial charge < -0.3 is 10.8 Å². The third-order valence-corrected chi connectivity index (χ3v) is 2.04. The van der Waals surface area contributed by atoms with Crippen LogP contribution in [0.1, 0.15) is 22.7 Å². The van der Waals surface area contributed by atoms with Gasteiger partial charge in [0.2, 0.25) is 0 Å². The van der Waals surface area contributed by atoms with Crippen molar-refractivity contribution in [3.63, 3.8) is 0 Å². The monoisotopic (exact) mass is 215 g/mol. The molecule has 1 rings (SSSR count). The second kappa shape index (κ2) is 4.98. The first-order chi connectivity index (χ1) is 6.02. The number of nitrogens with two attached hydrogens (primary N) is 1. The van der Waals surface area contributed by atoms with Crippen molar-refractivity contribution in [2.75, 3.05) is 0 Å². The Morgan fingerprint density at radius 1 is 1.43 bits per heavy atom. The van der Waals surface area contributed by atoms with E-state index in [2.05, 4.69) is 0 Å². The van der Waals surface area contributed by atoms with Crippen LogP contribution in [0.25, 0.3) is 0 Å². The van der Waals surface area contributed by atoms with Crippen LogP contribution < -0.4 is 5.73 Å². The van der Waals surface area contributed by atoms with Crippen LogP contribution in [0, 0.1) is 13.8 Å². The Bertz CT molecular complexity index is 339. The van der Waals surface area contributed by atoms with Gasteiger partial charge in [-0.1, -0.05) is 23.8 Å². The highest BCUT2D eigenvalue weighted by Crippen LogP contribution is 2.17. The zero-order valence-electron chi connectivity index (χ0n) is 8.15. The largest absolute Gasteiger partial charge is 0.480 e. The molecule has 0 aromatic heterocycles. The van der Waals surface area contributed by atoms with Crippen molar-refractivity contribution in [2.24, 2.45) is 5.73 Å². The van der Waals surface area contributed by atoms with Gasteiger partial charge in [0.05, 0.1) is 0 Å². The lowest BCUT2D eigenvalue weighted by atomic mass is 10.00. The minimum atomic E-state index is -0.992. The second-order valence-electron chi connectivity index (χ2n) is 3.18. The molecule has 0 unspecified atom stereocenters. The van der Waals surface area contributed by atoms with Gasteiger partial charge in [0.25, 0.3) is 0 Å². The van der Waals surface area contributed by atoms with Crippen LogP contribution in [0.2, 0.25) is 0 Å². The number of benzene rings is 1. The van der Waals surface area contributed by atoms with Crippen molar-refractivity contribution in [1.82, 2.24) is 0 Å². The number of halogens is 1. The highest BCUT2D eigenvalue weighted by molar-refractivity contribution is 5.85. The second-order valence-corrected chi connectivity index (χ2v) is 3.18. The molecular formula is C10H14ClNO2. The molecule has 0 heterocycles. The molecule has 4 heteroatoms. The van der Waals surface area contributed by atoms with Crippen molar-refractivity contribution in [3.8, 4) is 0 Å². The Hall–Kier alpha value is -1.06. The lowest BCUT2D eigenvalue weighted by Crippen LogP contribution is -2.21.